The molecule has 0 saturated carbocycles. The molecule has 4 aromatic rings. The maximum absolute atomic E-state index is 11.1. The van der Waals surface area contributed by atoms with Crippen molar-refractivity contribution in [3.8, 4) is 0 Å². The van der Waals surface area contributed by atoms with Gasteiger partial charge in [-0.3, -0.25) is 0 Å². The van der Waals surface area contributed by atoms with Gasteiger partial charge in [-0.15, -0.1) is 0 Å². The number of hydrogen-bond acceptors (Lipinski definition) is 6. The standard InChI is InChI=1S/C34H36O6/c35-33-31(38-24-28-17-9-3-10-18-28)30(37-23-27-15-7-2-8-16-27)32(39-25-29-19-11-4-12-20-29)34(40-33)36-22-21-26-13-5-1-6-14-26/h1-20,30-35H,21-25H2/t30-,31-,32+,33+,34+/m1/s1. The van der Waals surface area contributed by atoms with E-state index in [-0.39, 0.29) is 0 Å². The van der Waals surface area contributed by atoms with Gasteiger partial charge in [0.2, 0.25) is 0 Å². The Bertz CT molecular complexity index is 1240. The molecule has 6 nitrogen and oxygen atoms in total. The Morgan fingerprint density at radius 2 is 0.875 bits per heavy atom. The van der Waals surface area contributed by atoms with E-state index in [0.717, 1.165) is 22.3 Å². The van der Waals surface area contributed by atoms with Crippen molar-refractivity contribution < 1.29 is 28.8 Å². The molecule has 208 valence electrons. The van der Waals surface area contributed by atoms with E-state index in [1.807, 2.05) is 109 Å². The highest BCUT2D eigenvalue weighted by atomic mass is 16.8. The molecule has 0 radical (unpaired) electrons. The maximum Gasteiger partial charge on any atom is 0.189 e. The minimum absolute atomic E-state index is 0.294. The van der Waals surface area contributed by atoms with Crippen molar-refractivity contribution >= 4 is 0 Å². The van der Waals surface area contributed by atoms with Gasteiger partial charge >= 0.3 is 0 Å². The minimum atomic E-state index is -1.26. The summed E-state index contributed by atoms with van der Waals surface area (Å²) in [5, 5.41) is 11.1. The number of aliphatic hydroxyl groups excluding tert-OH is 1. The summed E-state index contributed by atoms with van der Waals surface area (Å²) in [4.78, 5) is 0. The summed E-state index contributed by atoms with van der Waals surface area (Å²) in [5.41, 5.74) is 4.16. The number of rotatable bonds is 13. The van der Waals surface area contributed by atoms with E-state index < -0.39 is 30.9 Å². The molecule has 0 amide bonds. The molecule has 0 aromatic heterocycles. The molecule has 0 aliphatic carbocycles. The molecule has 6 heteroatoms. The van der Waals surface area contributed by atoms with Crippen molar-refractivity contribution in [2.45, 2.75) is 57.1 Å². The van der Waals surface area contributed by atoms with Crippen molar-refractivity contribution in [2.75, 3.05) is 6.61 Å². The average Bonchev–Trinajstić information content (AvgIpc) is 3.01. The number of hydrogen-bond donors (Lipinski definition) is 1. The molecule has 1 fully saturated rings. The molecule has 0 spiro atoms. The lowest BCUT2D eigenvalue weighted by atomic mass is 10.0. The molecule has 4 aromatic carbocycles. The molecule has 1 N–H and O–H groups in total. The predicted octanol–water partition coefficient (Wildman–Crippen LogP) is 5.68. The summed E-state index contributed by atoms with van der Waals surface area (Å²) in [5.74, 6) is 0. The second-order valence-electron chi connectivity index (χ2n) is 9.79. The van der Waals surface area contributed by atoms with Crippen LogP contribution in [0.1, 0.15) is 22.3 Å². The first-order chi connectivity index (χ1) is 19.8. The van der Waals surface area contributed by atoms with Gasteiger partial charge in [-0.1, -0.05) is 121 Å². The minimum Gasteiger partial charge on any atom is -0.368 e. The average molecular weight is 541 g/mol. The Labute approximate surface area is 236 Å². The highest BCUT2D eigenvalue weighted by molar-refractivity contribution is 5.16. The molecule has 40 heavy (non-hydrogen) atoms. The first-order valence-corrected chi connectivity index (χ1v) is 13.7. The van der Waals surface area contributed by atoms with Gasteiger partial charge in [0.1, 0.15) is 18.3 Å². The molecule has 1 heterocycles. The third-order valence-electron chi connectivity index (χ3n) is 6.84. The zero-order chi connectivity index (χ0) is 27.4. The van der Waals surface area contributed by atoms with E-state index in [9.17, 15) is 5.11 Å². The summed E-state index contributed by atoms with van der Waals surface area (Å²) in [7, 11) is 0. The van der Waals surface area contributed by atoms with Crippen LogP contribution < -0.4 is 0 Å². The van der Waals surface area contributed by atoms with Crippen LogP contribution in [-0.2, 0) is 49.9 Å². The highest BCUT2D eigenvalue weighted by Gasteiger charge is 2.48. The Morgan fingerprint density at radius 3 is 1.35 bits per heavy atom. The van der Waals surface area contributed by atoms with Gasteiger partial charge in [0, 0.05) is 0 Å². The van der Waals surface area contributed by atoms with Crippen LogP contribution in [0.15, 0.2) is 121 Å². The maximum atomic E-state index is 11.1. The van der Waals surface area contributed by atoms with E-state index >= 15 is 0 Å². The lowest BCUT2D eigenvalue weighted by molar-refractivity contribution is -0.360. The number of ether oxygens (including phenoxy) is 5. The van der Waals surface area contributed by atoms with Crippen LogP contribution in [-0.4, -0.2) is 42.6 Å². The van der Waals surface area contributed by atoms with E-state index in [0.29, 0.717) is 32.8 Å². The Balaban J connectivity index is 1.36. The van der Waals surface area contributed by atoms with Crippen molar-refractivity contribution in [3.63, 3.8) is 0 Å². The van der Waals surface area contributed by atoms with Crippen LogP contribution in [0.2, 0.25) is 0 Å². The molecular weight excluding hydrogens is 504 g/mol. The predicted molar refractivity (Wildman–Crippen MR) is 152 cm³/mol. The topological polar surface area (TPSA) is 66.4 Å². The van der Waals surface area contributed by atoms with Crippen LogP contribution in [0.4, 0.5) is 0 Å². The van der Waals surface area contributed by atoms with E-state index in [1.54, 1.807) is 0 Å². The highest BCUT2D eigenvalue weighted by Crippen LogP contribution is 2.30. The fourth-order valence-electron chi connectivity index (χ4n) is 4.71. The monoisotopic (exact) mass is 540 g/mol. The van der Waals surface area contributed by atoms with Crippen LogP contribution in [0.25, 0.3) is 0 Å². The van der Waals surface area contributed by atoms with E-state index in [4.69, 9.17) is 23.7 Å². The second kappa shape index (κ2) is 14.9. The fourth-order valence-corrected chi connectivity index (χ4v) is 4.71. The molecule has 0 unspecified atom stereocenters. The Hall–Kier alpha value is -3.36. The quantitative estimate of drug-likeness (QED) is 0.236. The largest absolute Gasteiger partial charge is 0.368 e. The molecule has 1 aliphatic rings. The third-order valence-corrected chi connectivity index (χ3v) is 6.84. The van der Waals surface area contributed by atoms with Gasteiger partial charge in [-0.2, -0.15) is 0 Å². The molecule has 1 saturated heterocycles. The summed E-state index contributed by atoms with van der Waals surface area (Å²) in [6, 6.07) is 39.8. The van der Waals surface area contributed by atoms with Gasteiger partial charge in [0.25, 0.3) is 0 Å². The zero-order valence-corrected chi connectivity index (χ0v) is 22.5. The molecule has 0 bridgehead atoms. The lowest BCUT2D eigenvalue weighted by Crippen LogP contribution is -2.60. The van der Waals surface area contributed by atoms with Crippen LogP contribution in [0, 0.1) is 0 Å². The van der Waals surface area contributed by atoms with Gasteiger partial charge in [0.15, 0.2) is 12.6 Å². The first kappa shape index (κ1) is 28.2. The number of aliphatic hydroxyl groups is 1. The van der Waals surface area contributed by atoms with Crippen LogP contribution in [0.3, 0.4) is 0 Å². The van der Waals surface area contributed by atoms with Crippen molar-refractivity contribution in [2.24, 2.45) is 0 Å². The first-order valence-electron chi connectivity index (χ1n) is 13.7. The van der Waals surface area contributed by atoms with Crippen molar-refractivity contribution in [1.82, 2.24) is 0 Å². The van der Waals surface area contributed by atoms with Crippen LogP contribution >= 0.6 is 0 Å². The normalized spacial score (nSPS) is 22.7. The molecule has 5 rings (SSSR count). The summed E-state index contributed by atoms with van der Waals surface area (Å²) in [6.07, 6.45) is -3.51. The van der Waals surface area contributed by atoms with Crippen molar-refractivity contribution in [1.29, 1.82) is 0 Å². The SMILES string of the molecule is O[C@H]1O[C@H](OCCc2ccccc2)[C@@H](OCc2ccccc2)[C@H](OCc2ccccc2)[C@H]1OCc1ccccc1. The van der Waals surface area contributed by atoms with E-state index in [2.05, 4.69) is 12.1 Å². The fraction of sp³-hybridized carbons (Fsp3) is 0.294. The van der Waals surface area contributed by atoms with Gasteiger partial charge in [0.05, 0.1) is 26.4 Å². The van der Waals surface area contributed by atoms with Gasteiger partial charge in [-0.05, 0) is 28.7 Å². The molecular formula is C34H36O6. The van der Waals surface area contributed by atoms with Gasteiger partial charge < -0.3 is 28.8 Å². The Kier molecular flexibility index (Phi) is 10.5. The summed E-state index contributed by atoms with van der Waals surface area (Å²) >= 11 is 0. The van der Waals surface area contributed by atoms with Gasteiger partial charge in [-0.25, -0.2) is 0 Å². The summed E-state index contributed by atoms with van der Waals surface area (Å²) < 4.78 is 31.4. The smallest absolute Gasteiger partial charge is 0.189 e. The van der Waals surface area contributed by atoms with E-state index in [1.165, 1.54) is 0 Å². The molecule has 5 atom stereocenters. The third kappa shape index (κ3) is 8.08. The Morgan fingerprint density at radius 1 is 0.475 bits per heavy atom. The van der Waals surface area contributed by atoms with Crippen LogP contribution in [0.5, 0.6) is 0 Å². The lowest BCUT2D eigenvalue weighted by Gasteiger charge is -2.44. The zero-order valence-electron chi connectivity index (χ0n) is 22.5. The summed E-state index contributed by atoms with van der Waals surface area (Å²) in [6.45, 7) is 1.35. The molecule has 1 aliphatic heterocycles. The van der Waals surface area contributed by atoms with Crippen molar-refractivity contribution in [3.05, 3.63) is 144 Å². The number of benzene rings is 4. The second-order valence-corrected chi connectivity index (χ2v) is 9.79.